The molecule has 1 heterocycles. The zero-order chi connectivity index (χ0) is 15.0. The van der Waals surface area contributed by atoms with E-state index in [2.05, 4.69) is 24.1 Å². The van der Waals surface area contributed by atoms with Gasteiger partial charge in [-0.25, -0.2) is 0 Å². The molecule has 1 saturated heterocycles. The average molecular weight is 296 g/mol. The Balaban J connectivity index is 1.70. The standard InChI is InChI=1S/C16H28N2O3/c1-3-13-10-21-11(2)9-18(13)14-6-7-16(8-14,15(19)20)17-12-4-5-12/h11-14,17H,3-10H2,1-2H3,(H,19,20). The van der Waals surface area contributed by atoms with E-state index in [1.807, 2.05) is 0 Å². The molecule has 2 aliphatic carbocycles. The third-order valence-corrected chi connectivity index (χ3v) is 5.41. The molecule has 0 bridgehead atoms. The lowest BCUT2D eigenvalue weighted by atomic mass is 9.96. The lowest BCUT2D eigenvalue weighted by Gasteiger charge is -2.42. The van der Waals surface area contributed by atoms with Crippen molar-refractivity contribution < 1.29 is 14.6 Å². The lowest BCUT2D eigenvalue weighted by Crippen LogP contribution is -2.55. The Bertz CT molecular complexity index is 399. The summed E-state index contributed by atoms with van der Waals surface area (Å²) in [5, 5.41) is 13.1. The minimum absolute atomic E-state index is 0.254. The van der Waals surface area contributed by atoms with Gasteiger partial charge in [-0.05, 0) is 45.4 Å². The Morgan fingerprint density at radius 1 is 1.43 bits per heavy atom. The van der Waals surface area contributed by atoms with Crippen LogP contribution >= 0.6 is 0 Å². The van der Waals surface area contributed by atoms with Crippen molar-refractivity contribution in [3.8, 4) is 0 Å². The number of carbonyl (C=O) groups is 1. The summed E-state index contributed by atoms with van der Waals surface area (Å²) in [4.78, 5) is 14.3. The van der Waals surface area contributed by atoms with Gasteiger partial charge in [0.1, 0.15) is 5.54 Å². The number of carboxylic acids is 1. The van der Waals surface area contributed by atoms with Crippen molar-refractivity contribution in [3.63, 3.8) is 0 Å². The SMILES string of the molecule is CCC1COC(C)CN1C1CCC(NC2CC2)(C(=O)O)C1. The topological polar surface area (TPSA) is 61.8 Å². The normalized spacial score (nSPS) is 41.3. The molecule has 4 atom stereocenters. The maximum Gasteiger partial charge on any atom is 0.323 e. The van der Waals surface area contributed by atoms with Crippen LogP contribution < -0.4 is 5.32 Å². The number of ether oxygens (including phenoxy) is 1. The maximum atomic E-state index is 11.8. The summed E-state index contributed by atoms with van der Waals surface area (Å²) >= 11 is 0. The molecule has 2 N–H and O–H groups in total. The fraction of sp³-hybridized carbons (Fsp3) is 0.938. The van der Waals surface area contributed by atoms with Gasteiger partial charge < -0.3 is 9.84 Å². The fourth-order valence-electron chi connectivity index (χ4n) is 3.98. The predicted molar refractivity (Wildman–Crippen MR) is 80.4 cm³/mol. The van der Waals surface area contributed by atoms with Gasteiger partial charge in [0.2, 0.25) is 0 Å². The first kappa shape index (κ1) is 15.3. The van der Waals surface area contributed by atoms with E-state index in [-0.39, 0.29) is 6.10 Å². The van der Waals surface area contributed by atoms with Gasteiger partial charge in [0, 0.05) is 24.7 Å². The van der Waals surface area contributed by atoms with Crippen molar-refractivity contribution in [2.24, 2.45) is 0 Å². The molecule has 2 saturated carbocycles. The van der Waals surface area contributed by atoms with E-state index in [9.17, 15) is 9.90 Å². The van der Waals surface area contributed by atoms with Gasteiger partial charge in [-0.3, -0.25) is 15.0 Å². The van der Waals surface area contributed by atoms with Crippen LogP contribution in [0.25, 0.3) is 0 Å². The summed E-state index contributed by atoms with van der Waals surface area (Å²) in [5.41, 5.74) is -0.689. The molecular formula is C16H28N2O3. The van der Waals surface area contributed by atoms with Crippen LogP contribution in [0.5, 0.6) is 0 Å². The van der Waals surface area contributed by atoms with Crippen LogP contribution in [0.2, 0.25) is 0 Å². The van der Waals surface area contributed by atoms with E-state index >= 15 is 0 Å². The van der Waals surface area contributed by atoms with Crippen LogP contribution in [0, 0.1) is 0 Å². The predicted octanol–water partition coefficient (Wildman–Crippen LogP) is 1.61. The minimum atomic E-state index is -0.689. The smallest absolute Gasteiger partial charge is 0.323 e. The molecule has 120 valence electrons. The number of hydrogen-bond donors (Lipinski definition) is 2. The number of aliphatic carboxylic acids is 1. The summed E-state index contributed by atoms with van der Waals surface area (Å²) in [6.07, 6.45) is 6.06. The van der Waals surface area contributed by atoms with Crippen LogP contribution in [0.3, 0.4) is 0 Å². The molecule has 5 nitrogen and oxygen atoms in total. The van der Waals surface area contributed by atoms with Crippen LogP contribution in [-0.2, 0) is 9.53 Å². The van der Waals surface area contributed by atoms with Gasteiger partial charge in [-0.2, -0.15) is 0 Å². The molecule has 0 spiro atoms. The Morgan fingerprint density at radius 2 is 2.19 bits per heavy atom. The molecule has 21 heavy (non-hydrogen) atoms. The second-order valence-corrected chi connectivity index (χ2v) is 7.11. The maximum absolute atomic E-state index is 11.8. The summed E-state index contributed by atoms with van der Waals surface area (Å²) in [7, 11) is 0. The molecule has 0 aromatic rings. The summed E-state index contributed by atoms with van der Waals surface area (Å²) < 4.78 is 5.77. The molecule has 3 fully saturated rings. The number of nitrogens with zero attached hydrogens (tertiary/aromatic N) is 1. The first-order valence-corrected chi connectivity index (χ1v) is 8.42. The minimum Gasteiger partial charge on any atom is -0.480 e. The average Bonchev–Trinajstić information content (AvgIpc) is 3.15. The third-order valence-electron chi connectivity index (χ3n) is 5.41. The third kappa shape index (κ3) is 3.10. The van der Waals surface area contributed by atoms with E-state index in [1.165, 1.54) is 0 Å². The van der Waals surface area contributed by atoms with Crippen LogP contribution in [0.1, 0.15) is 52.4 Å². The molecule has 0 amide bonds. The van der Waals surface area contributed by atoms with Gasteiger partial charge in [-0.15, -0.1) is 0 Å². The fourth-order valence-corrected chi connectivity index (χ4v) is 3.98. The van der Waals surface area contributed by atoms with Crippen molar-refractivity contribution in [1.29, 1.82) is 0 Å². The highest BCUT2D eigenvalue weighted by atomic mass is 16.5. The van der Waals surface area contributed by atoms with Crippen molar-refractivity contribution in [2.75, 3.05) is 13.2 Å². The van der Waals surface area contributed by atoms with Crippen molar-refractivity contribution in [3.05, 3.63) is 0 Å². The van der Waals surface area contributed by atoms with Crippen LogP contribution in [0.15, 0.2) is 0 Å². The Hall–Kier alpha value is -0.650. The van der Waals surface area contributed by atoms with Crippen LogP contribution in [-0.4, -0.2) is 58.9 Å². The molecule has 5 heteroatoms. The molecule has 0 aromatic carbocycles. The zero-order valence-corrected chi connectivity index (χ0v) is 13.2. The number of hydrogen-bond acceptors (Lipinski definition) is 4. The van der Waals surface area contributed by atoms with Crippen LogP contribution in [0.4, 0.5) is 0 Å². The molecule has 0 aromatic heterocycles. The molecule has 3 aliphatic rings. The van der Waals surface area contributed by atoms with Crippen molar-refractivity contribution >= 4 is 5.97 Å². The summed E-state index contributed by atoms with van der Waals surface area (Å²) in [6, 6.07) is 1.26. The van der Waals surface area contributed by atoms with E-state index in [0.717, 1.165) is 51.7 Å². The van der Waals surface area contributed by atoms with E-state index in [1.54, 1.807) is 0 Å². The van der Waals surface area contributed by atoms with Gasteiger partial charge in [-0.1, -0.05) is 6.92 Å². The highest BCUT2D eigenvalue weighted by Crippen LogP contribution is 2.38. The monoisotopic (exact) mass is 296 g/mol. The van der Waals surface area contributed by atoms with Gasteiger partial charge >= 0.3 is 5.97 Å². The largest absolute Gasteiger partial charge is 0.480 e. The van der Waals surface area contributed by atoms with Gasteiger partial charge in [0.25, 0.3) is 0 Å². The first-order chi connectivity index (χ1) is 10.0. The first-order valence-electron chi connectivity index (χ1n) is 8.42. The number of nitrogens with one attached hydrogen (secondary N) is 1. The summed E-state index contributed by atoms with van der Waals surface area (Å²) in [5.74, 6) is -0.661. The summed E-state index contributed by atoms with van der Waals surface area (Å²) in [6.45, 7) is 6.02. The Kier molecular flexibility index (Phi) is 4.26. The quantitative estimate of drug-likeness (QED) is 0.807. The molecule has 1 aliphatic heterocycles. The molecule has 0 radical (unpaired) electrons. The number of rotatable bonds is 5. The lowest BCUT2D eigenvalue weighted by molar-refractivity contribution is -0.145. The van der Waals surface area contributed by atoms with E-state index < -0.39 is 11.5 Å². The highest BCUT2D eigenvalue weighted by molar-refractivity contribution is 5.79. The van der Waals surface area contributed by atoms with Gasteiger partial charge in [0.15, 0.2) is 0 Å². The Labute approximate surface area is 127 Å². The van der Waals surface area contributed by atoms with Crippen molar-refractivity contribution in [1.82, 2.24) is 10.2 Å². The molecule has 3 rings (SSSR count). The number of morpholine rings is 1. The molecule has 4 unspecified atom stereocenters. The molecular weight excluding hydrogens is 268 g/mol. The van der Waals surface area contributed by atoms with E-state index in [0.29, 0.717) is 18.1 Å². The number of carboxylic acid groups (broad SMARTS) is 1. The zero-order valence-electron chi connectivity index (χ0n) is 13.2. The van der Waals surface area contributed by atoms with E-state index in [4.69, 9.17) is 4.74 Å². The highest BCUT2D eigenvalue weighted by Gasteiger charge is 2.50. The second-order valence-electron chi connectivity index (χ2n) is 7.11. The second kappa shape index (κ2) is 5.86. The Morgan fingerprint density at radius 3 is 2.81 bits per heavy atom. The van der Waals surface area contributed by atoms with Gasteiger partial charge in [0.05, 0.1) is 12.7 Å². The van der Waals surface area contributed by atoms with Crippen molar-refractivity contribution in [2.45, 2.75) is 82.1 Å².